The van der Waals surface area contributed by atoms with Crippen LogP contribution in [0.5, 0.6) is 5.75 Å². The van der Waals surface area contributed by atoms with E-state index in [1.165, 1.54) is 11.2 Å². The molecule has 3 aromatic heterocycles. The highest BCUT2D eigenvalue weighted by Gasteiger charge is 2.15. The van der Waals surface area contributed by atoms with Crippen LogP contribution in [-0.4, -0.2) is 38.3 Å². The van der Waals surface area contributed by atoms with E-state index in [0.717, 1.165) is 16.9 Å². The molecule has 0 saturated heterocycles. The molecule has 0 aliphatic rings. The predicted octanol–water partition coefficient (Wildman–Crippen LogP) is 3.08. The quantitative estimate of drug-likeness (QED) is 0.431. The van der Waals surface area contributed by atoms with Crippen molar-refractivity contribution in [3.05, 3.63) is 65.2 Å². The summed E-state index contributed by atoms with van der Waals surface area (Å²) in [6, 6.07) is 13.4. The highest BCUT2D eigenvalue weighted by Crippen LogP contribution is 2.20. The Hall–Kier alpha value is -3.46. The number of amides is 1. The minimum atomic E-state index is -0.586. The number of nitrogens with one attached hydrogen (secondary N) is 2. The van der Waals surface area contributed by atoms with Crippen LogP contribution in [0.1, 0.15) is 11.8 Å². The number of hydrogen-bond donors (Lipinski definition) is 2. The predicted molar refractivity (Wildman–Crippen MR) is 117 cm³/mol. The highest BCUT2D eigenvalue weighted by molar-refractivity contribution is 7.09. The van der Waals surface area contributed by atoms with E-state index in [-0.39, 0.29) is 5.91 Å². The van der Waals surface area contributed by atoms with E-state index in [2.05, 4.69) is 31.8 Å². The van der Waals surface area contributed by atoms with E-state index in [4.69, 9.17) is 4.74 Å². The Morgan fingerprint density at radius 2 is 2.07 bits per heavy atom. The molecule has 0 aliphatic carbocycles. The zero-order valence-corrected chi connectivity index (χ0v) is 17.3. The van der Waals surface area contributed by atoms with Gasteiger partial charge in [-0.15, -0.1) is 11.3 Å². The smallest absolute Gasteiger partial charge is 0.260 e. The molecule has 154 valence electrons. The molecule has 30 heavy (non-hydrogen) atoms. The van der Waals surface area contributed by atoms with Gasteiger partial charge in [-0.2, -0.15) is 5.10 Å². The summed E-state index contributed by atoms with van der Waals surface area (Å²) < 4.78 is 7.41. The first-order valence-electron chi connectivity index (χ1n) is 9.63. The minimum Gasteiger partial charge on any atom is -0.481 e. The minimum absolute atomic E-state index is 0.178. The van der Waals surface area contributed by atoms with Crippen LogP contribution in [-0.2, 0) is 17.9 Å². The van der Waals surface area contributed by atoms with E-state index in [9.17, 15) is 4.79 Å². The Kier molecular flexibility index (Phi) is 6.19. The van der Waals surface area contributed by atoms with E-state index in [0.29, 0.717) is 25.4 Å². The van der Waals surface area contributed by atoms with E-state index >= 15 is 0 Å². The number of para-hydroxylation sites is 1. The molecule has 1 unspecified atom stereocenters. The summed E-state index contributed by atoms with van der Waals surface area (Å²) in [5.41, 5.74) is 0.724. The summed E-state index contributed by atoms with van der Waals surface area (Å²) in [7, 11) is 0. The van der Waals surface area contributed by atoms with Gasteiger partial charge in [-0.25, -0.2) is 14.6 Å². The SMILES string of the molecule is CC(Oc1ccccc1)C(=O)NCCn1ncc2c(NCc3cccs3)ncnc21. The van der Waals surface area contributed by atoms with Crippen molar-refractivity contribution in [3.63, 3.8) is 0 Å². The van der Waals surface area contributed by atoms with Gasteiger partial charge in [0.2, 0.25) is 0 Å². The third kappa shape index (κ3) is 4.74. The fourth-order valence-corrected chi connectivity index (χ4v) is 3.61. The molecule has 1 amide bonds. The zero-order chi connectivity index (χ0) is 20.8. The first-order chi connectivity index (χ1) is 14.7. The van der Waals surface area contributed by atoms with Crippen molar-refractivity contribution in [2.45, 2.75) is 26.1 Å². The first-order valence-corrected chi connectivity index (χ1v) is 10.5. The van der Waals surface area contributed by atoms with Crippen LogP contribution in [0, 0.1) is 0 Å². The molecule has 8 nitrogen and oxygen atoms in total. The Bertz CT molecular complexity index is 1100. The van der Waals surface area contributed by atoms with Gasteiger partial charge in [0, 0.05) is 11.4 Å². The average Bonchev–Trinajstić information content (AvgIpc) is 3.43. The van der Waals surface area contributed by atoms with Crippen molar-refractivity contribution in [1.29, 1.82) is 0 Å². The summed E-state index contributed by atoms with van der Waals surface area (Å²) in [5, 5.41) is 13.5. The summed E-state index contributed by atoms with van der Waals surface area (Å²) in [6.45, 7) is 3.34. The second-order valence-electron chi connectivity index (χ2n) is 6.62. The van der Waals surface area contributed by atoms with Crippen LogP contribution in [0.3, 0.4) is 0 Å². The van der Waals surface area contributed by atoms with Crippen LogP contribution < -0.4 is 15.4 Å². The van der Waals surface area contributed by atoms with Gasteiger partial charge in [-0.05, 0) is 30.5 Å². The van der Waals surface area contributed by atoms with Crippen molar-refractivity contribution in [2.75, 3.05) is 11.9 Å². The number of thiophene rings is 1. The lowest BCUT2D eigenvalue weighted by atomic mass is 10.3. The molecule has 1 atom stereocenters. The number of carbonyl (C=O) groups is 1. The largest absolute Gasteiger partial charge is 0.481 e. The Balaban J connectivity index is 1.33. The van der Waals surface area contributed by atoms with Crippen molar-refractivity contribution in [3.8, 4) is 5.75 Å². The van der Waals surface area contributed by atoms with E-state index in [1.807, 2.05) is 41.8 Å². The molecular weight excluding hydrogens is 400 g/mol. The molecule has 0 spiro atoms. The molecule has 3 heterocycles. The van der Waals surface area contributed by atoms with Crippen molar-refractivity contribution < 1.29 is 9.53 Å². The lowest BCUT2D eigenvalue weighted by molar-refractivity contribution is -0.127. The second kappa shape index (κ2) is 9.36. The summed E-state index contributed by atoms with van der Waals surface area (Å²) in [6.07, 6.45) is 2.68. The van der Waals surface area contributed by atoms with Gasteiger partial charge >= 0.3 is 0 Å². The average molecular weight is 423 g/mol. The third-order valence-corrected chi connectivity index (χ3v) is 5.37. The molecule has 4 aromatic rings. The molecule has 2 N–H and O–H groups in total. The van der Waals surface area contributed by atoms with Crippen molar-refractivity contribution >= 4 is 34.1 Å². The fourth-order valence-electron chi connectivity index (χ4n) is 2.97. The maximum absolute atomic E-state index is 12.3. The monoisotopic (exact) mass is 422 g/mol. The first kappa shape index (κ1) is 19.8. The van der Waals surface area contributed by atoms with Gasteiger partial charge in [-0.3, -0.25) is 4.79 Å². The van der Waals surface area contributed by atoms with E-state index < -0.39 is 6.10 Å². The number of hydrogen-bond acceptors (Lipinski definition) is 7. The third-order valence-electron chi connectivity index (χ3n) is 4.49. The van der Waals surface area contributed by atoms with Gasteiger partial charge in [-0.1, -0.05) is 24.3 Å². The maximum Gasteiger partial charge on any atom is 0.260 e. The Morgan fingerprint density at radius 1 is 1.20 bits per heavy atom. The molecule has 0 radical (unpaired) electrons. The normalized spacial score (nSPS) is 11.9. The lowest BCUT2D eigenvalue weighted by Gasteiger charge is -2.14. The lowest BCUT2D eigenvalue weighted by Crippen LogP contribution is -2.38. The van der Waals surface area contributed by atoms with Crippen molar-refractivity contribution in [2.24, 2.45) is 0 Å². The van der Waals surface area contributed by atoms with Gasteiger partial charge < -0.3 is 15.4 Å². The summed E-state index contributed by atoms with van der Waals surface area (Å²) in [4.78, 5) is 22.2. The van der Waals surface area contributed by atoms with Gasteiger partial charge in [0.15, 0.2) is 11.8 Å². The number of aromatic nitrogens is 4. The Morgan fingerprint density at radius 3 is 2.87 bits per heavy atom. The van der Waals surface area contributed by atoms with Crippen LogP contribution in [0.2, 0.25) is 0 Å². The molecule has 4 rings (SSSR count). The number of benzene rings is 1. The van der Waals surface area contributed by atoms with Gasteiger partial charge in [0.05, 0.1) is 24.7 Å². The van der Waals surface area contributed by atoms with Crippen LogP contribution in [0.4, 0.5) is 5.82 Å². The van der Waals surface area contributed by atoms with Crippen molar-refractivity contribution in [1.82, 2.24) is 25.1 Å². The molecule has 1 aromatic carbocycles. The topological polar surface area (TPSA) is 94.0 Å². The van der Waals surface area contributed by atoms with Gasteiger partial charge in [0.1, 0.15) is 17.9 Å². The van der Waals surface area contributed by atoms with Crippen LogP contribution in [0.25, 0.3) is 11.0 Å². The number of carbonyl (C=O) groups excluding carboxylic acids is 1. The van der Waals surface area contributed by atoms with E-state index in [1.54, 1.807) is 29.1 Å². The zero-order valence-electron chi connectivity index (χ0n) is 16.5. The standard InChI is InChI=1S/C21H22N6O2S/c1-15(29-16-6-3-2-4-7-16)21(28)22-9-10-27-20-18(13-26-27)19(24-14-25-20)23-12-17-8-5-11-30-17/h2-8,11,13-15H,9-10,12H2,1H3,(H,22,28)(H,23,24,25). The molecule has 0 bridgehead atoms. The molecular formula is C21H22N6O2S. The summed E-state index contributed by atoms with van der Waals surface area (Å²) in [5.74, 6) is 1.23. The van der Waals surface area contributed by atoms with Crippen LogP contribution in [0.15, 0.2) is 60.4 Å². The molecule has 9 heteroatoms. The summed E-state index contributed by atoms with van der Waals surface area (Å²) >= 11 is 1.69. The maximum atomic E-state index is 12.3. The highest BCUT2D eigenvalue weighted by atomic mass is 32.1. The second-order valence-corrected chi connectivity index (χ2v) is 7.66. The number of nitrogens with zero attached hydrogens (tertiary/aromatic N) is 4. The Labute approximate surface area is 177 Å². The number of anilines is 1. The van der Waals surface area contributed by atoms with Gasteiger partial charge in [0.25, 0.3) is 5.91 Å². The molecule has 0 saturated carbocycles. The number of ether oxygens (including phenoxy) is 1. The number of fused-ring (bicyclic) bond motifs is 1. The molecule has 0 aliphatic heterocycles. The fraction of sp³-hybridized carbons (Fsp3) is 0.238. The van der Waals surface area contributed by atoms with Crippen LogP contribution >= 0.6 is 11.3 Å². The number of rotatable bonds is 9. The molecule has 0 fully saturated rings.